The molecule has 4 aromatic rings. The Morgan fingerprint density at radius 2 is 2.10 bits per heavy atom. The van der Waals surface area contributed by atoms with Crippen LogP contribution in [0.25, 0.3) is 10.6 Å². The minimum absolute atomic E-state index is 0.175. The number of thioether (sulfide) groups is 1. The second kappa shape index (κ2) is 9.29. The van der Waals surface area contributed by atoms with Crippen molar-refractivity contribution in [1.29, 1.82) is 0 Å². The number of carbonyl (C=O) groups is 1. The van der Waals surface area contributed by atoms with Gasteiger partial charge in [0.25, 0.3) is 0 Å². The van der Waals surface area contributed by atoms with Gasteiger partial charge in [-0.05, 0) is 23.1 Å². The highest BCUT2D eigenvalue weighted by molar-refractivity contribution is 7.99. The first-order valence-corrected chi connectivity index (χ1v) is 11.5. The lowest BCUT2D eigenvalue weighted by Gasteiger charge is -2.00. The van der Waals surface area contributed by atoms with Crippen LogP contribution in [0.3, 0.4) is 0 Å². The van der Waals surface area contributed by atoms with E-state index in [-0.39, 0.29) is 17.5 Å². The van der Waals surface area contributed by atoms with Crippen molar-refractivity contribution in [1.82, 2.24) is 15.4 Å². The molecular formula is C19H15FN4O2S3. The molecule has 1 aromatic carbocycles. The molecule has 0 bridgehead atoms. The Bertz CT molecular complexity index is 1090. The van der Waals surface area contributed by atoms with Crippen molar-refractivity contribution in [3.05, 3.63) is 69.9 Å². The molecule has 148 valence electrons. The third-order valence-electron chi connectivity index (χ3n) is 3.82. The number of hydrogen-bond acceptors (Lipinski definition) is 8. The van der Waals surface area contributed by atoms with Gasteiger partial charge in [-0.15, -0.1) is 33.3 Å². The van der Waals surface area contributed by atoms with Crippen molar-refractivity contribution in [2.24, 2.45) is 0 Å². The Morgan fingerprint density at radius 1 is 1.21 bits per heavy atom. The van der Waals surface area contributed by atoms with E-state index < -0.39 is 0 Å². The molecule has 4 rings (SSSR count). The van der Waals surface area contributed by atoms with Crippen LogP contribution in [0, 0.1) is 5.82 Å². The van der Waals surface area contributed by atoms with Gasteiger partial charge in [0.15, 0.2) is 5.76 Å². The number of amides is 1. The average molecular weight is 447 g/mol. The second-order valence-electron chi connectivity index (χ2n) is 5.97. The number of nitrogens with zero attached hydrogens (tertiary/aromatic N) is 3. The number of aromatic nitrogens is 3. The summed E-state index contributed by atoms with van der Waals surface area (Å²) >= 11 is 4.26. The summed E-state index contributed by atoms with van der Waals surface area (Å²) in [6.07, 6.45) is 0.341. The van der Waals surface area contributed by atoms with Gasteiger partial charge in [0.05, 0.1) is 16.3 Å². The maximum atomic E-state index is 13.7. The fourth-order valence-electron chi connectivity index (χ4n) is 2.50. The zero-order valence-corrected chi connectivity index (χ0v) is 17.5. The van der Waals surface area contributed by atoms with Gasteiger partial charge < -0.3 is 4.52 Å². The Balaban J connectivity index is 1.24. The molecule has 0 fully saturated rings. The summed E-state index contributed by atoms with van der Waals surface area (Å²) in [6, 6.07) is 12.3. The van der Waals surface area contributed by atoms with Gasteiger partial charge in [0, 0.05) is 18.2 Å². The second-order valence-corrected chi connectivity index (χ2v) is 8.97. The van der Waals surface area contributed by atoms with Crippen molar-refractivity contribution < 1.29 is 13.7 Å². The lowest BCUT2D eigenvalue weighted by atomic mass is 10.1. The molecule has 0 aliphatic heterocycles. The predicted octanol–water partition coefficient (Wildman–Crippen LogP) is 4.86. The smallest absolute Gasteiger partial charge is 0.236 e. The Morgan fingerprint density at radius 3 is 2.93 bits per heavy atom. The van der Waals surface area contributed by atoms with Gasteiger partial charge in [-0.25, -0.2) is 4.39 Å². The quantitative estimate of drug-likeness (QED) is 0.416. The number of hydrogen-bond donors (Lipinski definition) is 1. The lowest BCUT2D eigenvalue weighted by molar-refractivity contribution is -0.113. The first-order valence-electron chi connectivity index (χ1n) is 8.60. The van der Waals surface area contributed by atoms with E-state index in [4.69, 9.17) is 4.52 Å². The Labute approximate surface area is 178 Å². The summed E-state index contributed by atoms with van der Waals surface area (Å²) in [4.78, 5) is 13.1. The summed E-state index contributed by atoms with van der Waals surface area (Å²) in [5.74, 6) is 1.10. The van der Waals surface area contributed by atoms with Crippen molar-refractivity contribution in [3.8, 4) is 10.6 Å². The molecule has 6 nitrogen and oxygen atoms in total. The van der Waals surface area contributed by atoms with Crippen LogP contribution in [0.2, 0.25) is 0 Å². The normalized spacial score (nSPS) is 10.9. The number of benzene rings is 1. The van der Waals surface area contributed by atoms with Crippen molar-refractivity contribution >= 4 is 45.5 Å². The summed E-state index contributed by atoms with van der Waals surface area (Å²) in [5, 5.41) is 17.8. The number of anilines is 1. The van der Waals surface area contributed by atoms with Crippen molar-refractivity contribution in [3.63, 3.8) is 0 Å². The van der Waals surface area contributed by atoms with E-state index in [0.717, 1.165) is 16.3 Å². The van der Waals surface area contributed by atoms with Gasteiger partial charge in [-0.1, -0.05) is 40.8 Å². The van der Waals surface area contributed by atoms with E-state index in [1.165, 1.54) is 29.2 Å². The molecule has 0 aliphatic rings. The van der Waals surface area contributed by atoms with Crippen molar-refractivity contribution in [2.75, 3.05) is 11.1 Å². The summed E-state index contributed by atoms with van der Waals surface area (Å²) in [5.41, 5.74) is 1.33. The molecule has 0 unspecified atom stereocenters. The molecule has 0 radical (unpaired) electrons. The largest absolute Gasteiger partial charge is 0.355 e. The molecule has 0 atom stereocenters. The fourth-order valence-corrected chi connectivity index (χ4v) is 4.66. The van der Waals surface area contributed by atoms with Gasteiger partial charge >= 0.3 is 0 Å². The molecule has 0 aliphatic carbocycles. The van der Waals surface area contributed by atoms with Crippen LogP contribution < -0.4 is 5.32 Å². The molecule has 3 heterocycles. The number of rotatable bonds is 8. The van der Waals surface area contributed by atoms with E-state index in [9.17, 15) is 9.18 Å². The molecule has 1 N–H and O–H groups in total. The van der Waals surface area contributed by atoms with E-state index in [1.807, 2.05) is 23.6 Å². The summed E-state index contributed by atoms with van der Waals surface area (Å²) in [7, 11) is 0. The Hall–Kier alpha value is -2.56. The predicted molar refractivity (Wildman–Crippen MR) is 114 cm³/mol. The minimum Gasteiger partial charge on any atom is -0.355 e. The Kier molecular flexibility index (Phi) is 6.33. The third-order valence-corrected chi connectivity index (χ3v) is 6.51. The summed E-state index contributed by atoms with van der Waals surface area (Å²) in [6.45, 7) is 0. The topological polar surface area (TPSA) is 80.9 Å². The third kappa shape index (κ3) is 5.28. The first-order chi connectivity index (χ1) is 14.2. The van der Waals surface area contributed by atoms with Gasteiger partial charge in [-0.3, -0.25) is 10.1 Å². The van der Waals surface area contributed by atoms with E-state index in [2.05, 4.69) is 20.7 Å². The number of thiophene rings is 1. The van der Waals surface area contributed by atoms with Crippen LogP contribution in [0.5, 0.6) is 0 Å². The highest BCUT2D eigenvalue weighted by Crippen LogP contribution is 2.26. The van der Waals surface area contributed by atoms with E-state index in [0.29, 0.717) is 27.9 Å². The van der Waals surface area contributed by atoms with Crippen LogP contribution in [0.15, 0.2) is 52.4 Å². The molecule has 0 saturated carbocycles. The molecule has 0 saturated heterocycles. The molecule has 0 spiro atoms. The van der Waals surface area contributed by atoms with Crippen LogP contribution in [0.4, 0.5) is 9.52 Å². The zero-order chi connectivity index (χ0) is 20.1. The van der Waals surface area contributed by atoms with Gasteiger partial charge in [-0.2, -0.15) is 0 Å². The lowest BCUT2D eigenvalue weighted by Crippen LogP contribution is -2.14. The summed E-state index contributed by atoms with van der Waals surface area (Å²) < 4.78 is 19.1. The van der Waals surface area contributed by atoms with Crippen LogP contribution in [-0.4, -0.2) is 27.0 Å². The minimum atomic E-state index is -0.278. The van der Waals surface area contributed by atoms with E-state index in [1.54, 1.807) is 29.5 Å². The monoisotopic (exact) mass is 446 g/mol. The maximum Gasteiger partial charge on any atom is 0.236 e. The van der Waals surface area contributed by atoms with Gasteiger partial charge in [0.2, 0.25) is 11.0 Å². The highest BCUT2D eigenvalue weighted by atomic mass is 32.2. The fraction of sp³-hybridized carbons (Fsp3) is 0.158. The first kappa shape index (κ1) is 19.7. The molecule has 29 heavy (non-hydrogen) atoms. The van der Waals surface area contributed by atoms with Crippen LogP contribution >= 0.6 is 34.4 Å². The number of carbonyl (C=O) groups excluding carboxylic acids is 1. The average Bonchev–Trinajstić information content (AvgIpc) is 3.45. The molecule has 1 amide bonds. The van der Waals surface area contributed by atoms with Gasteiger partial charge in [0.1, 0.15) is 10.8 Å². The molecular weight excluding hydrogens is 431 g/mol. The van der Waals surface area contributed by atoms with E-state index >= 15 is 0 Å². The zero-order valence-electron chi connectivity index (χ0n) is 15.0. The van der Waals surface area contributed by atoms with Crippen LogP contribution in [0.1, 0.15) is 16.3 Å². The molecule has 10 heteroatoms. The standard InChI is InChI=1S/C19H15FN4O2S3/c20-14-5-2-1-4-12(14)8-18-22-23-19(29-18)21-17(25)11-27-10-13-9-15(26-24-13)16-6-3-7-28-16/h1-7,9H,8,10-11H2,(H,21,23,25). The number of nitrogens with one attached hydrogen (secondary N) is 1. The maximum absolute atomic E-state index is 13.7. The molecule has 3 aromatic heterocycles. The van der Waals surface area contributed by atoms with Crippen LogP contribution in [-0.2, 0) is 17.0 Å². The highest BCUT2D eigenvalue weighted by Gasteiger charge is 2.12. The SMILES string of the molecule is O=C(CSCc1cc(-c2cccs2)on1)Nc1nnc(Cc2ccccc2F)s1. The number of halogens is 1. The van der Waals surface area contributed by atoms with Crippen molar-refractivity contribution in [2.45, 2.75) is 12.2 Å².